The summed E-state index contributed by atoms with van der Waals surface area (Å²) in [5.74, 6) is -0.942. The van der Waals surface area contributed by atoms with Crippen LogP contribution in [0, 0.1) is 0 Å². The summed E-state index contributed by atoms with van der Waals surface area (Å²) in [7, 11) is 0. The minimum atomic E-state index is -4.52. The molecule has 0 aliphatic heterocycles. The zero-order valence-corrected chi connectivity index (χ0v) is 15.0. The van der Waals surface area contributed by atoms with Crippen LogP contribution in [0.5, 0.6) is 0 Å². The summed E-state index contributed by atoms with van der Waals surface area (Å²) < 4.78 is 65.6. The van der Waals surface area contributed by atoms with Gasteiger partial charge in [0.15, 0.2) is 5.82 Å². The molecule has 0 saturated heterocycles. The maximum absolute atomic E-state index is 13.3. The molecule has 0 bridgehead atoms. The quantitative estimate of drug-likeness (QED) is 0.580. The fourth-order valence-electron chi connectivity index (χ4n) is 3.30. The van der Waals surface area contributed by atoms with E-state index in [2.05, 4.69) is 9.97 Å². The van der Waals surface area contributed by atoms with Crippen molar-refractivity contribution in [3.8, 4) is 0 Å². The van der Waals surface area contributed by atoms with Gasteiger partial charge >= 0.3 is 6.18 Å². The molecule has 152 valence electrons. The van der Waals surface area contributed by atoms with Gasteiger partial charge in [-0.25, -0.2) is 13.8 Å². The lowest BCUT2D eigenvalue weighted by molar-refractivity contribution is -0.138. The van der Waals surface area contributed by atoms with Crippen LogP contribution in [0.25, 0.3) is 11.0 Å². The summed E-state index contributed by atoms with van der Waals surface area (Å²) in [5.41, 5.74) is 0.0140. The molecule has 0 spiro atoms. The Labute approximate surface area is 162 Å². The Morgan fingerprint density at radius 2 is 1.90 bits per heavy atom. The number of aromatic nitrogens is 2. The van der Waals surface area contributed by atoms with Gasteiger partial charge in [-0.2, -0.15) is 13.2 Å². The Kier molecular flexibility index (Phi) is 4.76. The van der Waals surface area contributed by atoms with Crippen LogP contribution in [0.3, 0.4) is 0 Å². The van der Waals surface area contributed by atoms with E-state index in [1.165, 1.54) is 41.3 Å². The third kappa shape index (κ3) is 3.94. The van der Waals surface area contributed by atoms with Crippen molar-refractivity contribution in [2.24, 2.45) is 0 Å². The number of nitrogens with one attached hydrogen (secondary N) is 1. The van der Waals surface area contributed by atoms with Gasteiger partial charge < -0.3 is 9.88 Å². The van der Waals surface area contributed by atoms with Gasteiger partial charge in [-0.05, 0) is 42.7 Å². The maximum Gasteiger partial charge on any atom is 0.416 e. The Morgan fingerprint density at radius 3 is 2.55 bits per heavy atom. The third-order valence-electron chi connectivity index (χ3n) is 4.87. The Hall–Kier alpha value is -2.97. The van der Waals surface area contributed by atoms with Crippen LogP contribution >= 0.6 is 0 Å². The molecule has 1 saturated carbocycles. The van der Waals surface area contributed by atoms with Crippen molar-refractivity contribution >= 4 is 16.9 Å². The molecule has 4 nitrogen and oxygen atoms in total. The van der Waals surface area contributed by atoms with Crippen molar-refractivity contribution in [2.75, 3.05) is 0 Å². The van der Waals surface area contributed by atoms with Crippen LogP contribution < -0.4 is 0 Å². The molecule has 1 N–H and O–H groups in total. The van der Waals surface area contributed by atoms with Crippen molar-refractivity contribution in [2.45, 2.75) is 38.0 Å². The number of carbonyl (C=O) groups excluding carboxylic acids is 1. The number of benzene rings is 2. The summed E-state index contributed by atoms with van der Waals surface area (Å²) in [4.78, 5) is 20.7. The molecule has 3 aromatic rings. The van der Waals surface area contributed by atoms with Gasteiger partial charge in [0.25, 0.3) is 12.3 Å². The van der Waals surface area contributed by atoms with E-state index in [1.54, 1.807) is 0 Å². The van der Waals surface area contributed by atoms with E-state index in [0.29, 0.717) is 12.8 Å². The minimum absolute atomic E-state index is 0.0165. The number of nitrogens with zero attached hydrogens (tertiary/aromatic N) is 2. The summed E-state index contributed by atoms with van der Waals surface area (Å²) in [6.07, 6.45) is -5.87. The molecule has 1 heterocycles. The van der Waals surface area contributed by atoms with Crippen LogP contribution in [0.2, 0.25) is 0 Å². The smallest absolute Gasteiger partial charge is 0.337 e. The zero-order valence-electron chi connectivity index (χ0n) is 15.0. The van der Waals surface area contributed by atoms with Crippen molar-refractivity contribution < 1.29 is 26.7 Å². The number of fused-ring (bicyclic) bond motifs is 1. The van der Waals surface area contributed by atoms with Crippen LogP contribution in [0.4, 0.5) is 22.0 Å². The summed E-state index contributed by atoms with van der Waals surface area (Å²) >= 11 is 0. The summed E-state index contributed by atoms with van der Waals surface area (Å²) in [6.45, 7) is -0.178. The van der Waals surface area contributed by atoms with E-state index in [-0.39, 0.29) is 34.7 Å². The fraction of sp³-hybridized carbons (Fsp3) is 0.300. The highest BCUT2D eigenvalue weighted by atomic mass is 19.4. The molecule has 1 aliphatic carbocycles. The van der Waals surface area contributed by atoms with Crippen molar-refractivity contribution in [1.29, 1.82) is 0 Å². The number of aromatic amines is 1. The molecule has 9 heteroatoms. The number of alkyl halides is 5. The first-order valence-electron chi connectivity index (χ1n) is 8.98. The third-order valence-corrected chi connectivity index (χ3v) is 4.87. The van der Waals surface area contributed by atoms with E-state index < -0.39 is 29.9 Å². The molecule has 1 aliphatic rings. The van der Waals surface area contributed by atoms with Crippen LogP contribution in [0.15, 0.2) is 42.5 Å². The molecular weight excluding hydrogens is 393 g/mol. The lowest BCUT2D eigenvalue weighted by Crippen LogP contribution is -2.33. The van der Waals surface area contributed by atoms with Crippen LogP contribution in [0.1, 0.15) is 46.6 Å². The predicted octanol–water partition coefficient (Wildman–Crippen LogP) is 5.32. The van der Waals surface area contributed by atoms with E-state index in [0.717, 1.165) is 6.07 Å². The first-order chi connectivity index (χ1) is 13.7. The highest BCUT2D eigenvalue weighted by Crippen LogP contribution is 2.35. The van der Waals surface area contributed by atoms with E-state index in [1.807, 2.05) is 0 Å². The lowest BCUT2D eigenvalue weighted by Gasteiger charge is -2.24. The van der Waals surface area contributed by atoms with Gasteiger partial charge in [-0.15, -0.1) is 0 Å². The average molecular weight is 409 g/mol. The molecule has 0 atom stereocenters. The second kappa shape index (κ2) is 7.13. The number of rotatable bonds is 5. The fourth-order valence-corrected chi connectivity index (χ4v) is 3.30. The molecule has 4 rings (SSSR count). The molecule has 1 aromatic heterocycles. The number of carbonyl (C=O) groups is 1. The summed E-state index contributed by atoms with van der Waals surface area (Å²) in [5, 5.41) is 0. The Morgan fingerprint density at radius 1 is 1.17 bits per heavy atom. The molecule has 29 heavy (non-hydrogen) atoms. The SMILES string of the molecule is O=C(c1ccc2nc(C(F)F)[nH]c2c1)N(Cc1ccccc1C(F)(F)F)C1CC1. The van der Waals surface area contributed by atoms with Crippen molar-refractivity contribution in [3.63, 3.8) is 0 Å². The molecule has 1 amide bonds. The molecule has 0 unspecified atom stereocenters. The number of hydrogen-bond acceptors (Lipinski definition) is 2. The monoisotopic (exact) mass is 409 g/mol. The maximum atomic E-state index is 13.3. The molecule has 2 aromatic carbocycles. The van der Waals surface area contributed by atoms with Gasteiger partial charge in [-0.1, -0.05) is 18.2 Å². The molecule has 1 fully saturated rings. The van der Waals surface area contributed by atoms with Gasteiger partial charge in [0.2, 0.25) is 0 Å². The highest BCUT2D eigenvalue weighted by Gasteiger charge is 2.37. The minimum Gasteiger partial charge on any atom is -0.337 e. The topological polar surface area (TPSA) is 49.0 Å². The number of imidazole rings is 1. The second-order valence-corrected chi connectivity index (χ2v) is 6.97. The number of hydrogen-bond donors (Lipinski definition) is 1. The first kappa shape index (κ1) is 19.4. The summed E-state index contributed by atoms with van der Waals surface area (Å²) in [6, 6.07) is 9.32. The van der Waals surface area contributed by atoms with Gasteiger partial charge in [0, 0.05) is 18.2 Å². The normalized spacial score (nSPS) is 14.6. The zero-order chi connectivity index (χ0) is 20.8. The van der Waals surface area contributed by atoms with E-state index >= 15 is 0 Å². The van der Waals surface area contributed by atoms with E-state index in [9.17, 15) is 26.7 Å². The number of halogens is 5. The van der Waals surface area contributed by atoms with Gasteiger partial charge in [0.05, 0.1) is 16.6 Å². The first-order valence-corrected chi connectivity index (χ1v) is 8.98. The highest BCUT2D eigenvalue weighted by molar-refractivity contribution is 5.97. The van der Waals surface area contributed by atoms with E-state index in [4.69, 9.17) is 0 Å². The van der Waals surface area contributed by atoms with Crippen molar-refractivity contribution in [3.05, 3.63) is 65.0 Å². The Balaban J connectivity index is 1.65. The Bertz CT molecular complexity index is 1060. The van der Waals surface area contributed by atoms with Crippen LogP contribution in [-0.4, -0.2) is 26.8 Å². The number of H-pyrrole nitrogens is 1. The standard InChI is InChI=1S/C20H16F5N3O/c21-17(22)18-26-15-8-5-11(9-16(15)27-18)19(29)28(13-6-7-13)10-12-3-1-2-4-14(12)20(23,24)25/h1-5,8-9,13,17H,6-7,10H2,(H,26,27). The molecule has 0 radical (unpaired) electrons. The number of amides is 1. The largest absolute Gasteiger partial charge is 0.416 e. The van der Waals surface area contributed by atoms with Gasteiger partial charge in [-0.3, -0.25) is 4.79 Å². The molecular formula is C20H16F5N3O. The van der Waals surface area contributed by atoms with Gasteiger partial charge in [0.1, 0.15) is 0 Å². The lowest BCUT2D eigenvalue weighted by atomic mass is 10.1. The second-order valence-electron chi connectivity index (χ2n) is 6.97. The van der Waals surface area contributed by atoms with Crippen molar-refractivity contribution in [1.82, 2.24) is 14.9 Å². The average Bonchev–Trinajstić information content (AvgIpc) is 3.42. The van der Waals surface area contributed by atoms with Crippen LogP contribution in [-0.2, 0) is 12.7 Å². The predicted molar refractivity (Wildman–Crippen MR) is 95.4 cm³/mol.